The van der Waals surface area contributed by atoms with Gasteiger partial charge in [-0.15, -0.1) is 0 Å². The number of nitrogens with zero attached hydrogens (tertiary/aromatic N) is 6. The number of carbonyl (C=O) groups is 3. The number of aliphatic hydroxyl groups excluding tert-OH is 2. The summed E-state index contributed by atoms with van der Waals surface area (Å²) in [6, 6.07) is 7.36. The van der Waals surface area contributed by atoms with Crippen LogP contribution < -0.4 is 28.4 Å². The quantitative estimate of drug-likeness (QED) is 0.0122. The third kappa shape index (κ3) is 25.3. The van der Waals surface area contributed by atoms with Crippen LogP contribution in [0.3, 0.4) is 0 Å². The van der Waals surface area contributed by atoms with Gasteiger partial charge in [0.05, 0.1) is 112 Å². The lowest BCUT2D eigenvalue weighted by molar-refractivity contribution is -0.180. The molecule has 0 aliphatic carbocycles. The molecule has 0 atom stereocenters. The van der Waals surface area contributed by atoms with Gasteiger partial charge in [0.25, 0.3) is 5.91 Å². The van der Waals surface area contributed by atoms with Crippen LogP contribution in [-0.4, -0.2) is 190 Å². The Bertz CT molecular complexity index is 3940. The number of benzene rings is 2. The number of amides is 1. The Balaban J connectivity index is 0.000000747. The minimum Gasteiger partial charge on any atom is -0.493 e. The molecule has 668 valence electrons. The average Bonchev–Trinajstić information content (AvgIpc) is 1.61. The first-order chi connectivity index (χ1) is 53.5. The Labute approximate surface area is 723 Å². The number of aliphatic carboxylic acids is 1. The molecule has 4 aromatic heterocycles. The number of rotatable bonds is 37. The molecule has 23 nitrogen and oxygen atoms in total. The zero-order valence-electron chi connectivity index (χ0n) is 78.8. The van der Waals surface area contributed by atoms with E-state index in [1.54, 1.807) is 80.6 Å². The molecule has 0 fully saturated rings. The summed E-state index contributed by atoms with van der Waals surface area (Å²) in [6.45, 7) is 70.8. The van der Waals surface area contributed by atoms with E-state index in [9.17, 15) is 29.7 Å². The van der Waals surface area contributed by atoms with Gasteiger partial charge in [0, 0.05) is 55.8 Å². The fourth-order valence-corrected chi connectivity index (χ4v) is 41.7. The minimum atomic E-state index is -1.95. The lowest BCUT2D eigenvalue weighted by Crippen LogP contribution is -2.51. The van der Waals surface area contributed by atoms with E-state index in [1.807, 2.05) is 32.2 Å². The first kappa shape index (κ1) is 109. The molecule has 2 aromatic carbocycles. The zero-order chi connectivity index (χ0) is 89.9. The number of halogens is 1. The van der Waals surface area contributed by atoms with Crippen LogP contribution in [0.25, 0.3) is 44.8 Å². The van der Waals surface area contributed by atoms with E-state index in [-0.39, 0.29) is 37.7 Å². The number of ether oxygens (including phenoxy) is 6. The van der Waals surface area contributed by atoms with E-state index < -0.39 is 55.4 Å². The lowest BCUT2D eigenvalue weighted by Gasteiger charge is -2.44. The summed E-state index contributed by atoms with van der Waals surface area (Å²) >= 11 is 2.39. The lowest BCUT2D eigenvalue weighted by atomic mass is 9.86. The summed E-state index contributed by atoms with van der Waals surface area (Å²) in [7, 11) is 5.01. The predicted octanol–water partition coefficient (Wildman–Crippen LogP) is 23.0. The van der Waals surface area contributed by atoms with Crippen molar-refractivity contribution >= 4 is 95.8 Å². The van der Waals surface area contributed by atoms with Crippen LogP contribution in [0.2, 0.25) is 66.5 Å². The molecule has 0 aliphatic rings. The zero-order valence-corrected chi connectivity index (χ0v) is 85.0. The van der Waals surface area contributed by atoms with Gasteiger partial charge >= 0.3 is 5.97 Å². The second-order valence-corrected chi connectivity index (χ2v) is 60.4. The van der Waals surface area contributed by atoms with Gasteiger partial charge in [-0.2, -0.15) is 0 Å². The number of aromatic nitrogens is 6. The number of hydrogen-bond acceptors (Lipinski definition) is 19. The molecule has 0 spiro atoms. The summed E-state index contributed by atoms with van der Waals surface area (Å²) in [4.78, 5) is 63.3. The number of carboxylic acid groups (broad SMARTS) is 1. The van der Waals surface area contributed by atoms with Crippen LogP contribution in [0.5, 0.6) is 34.5 Å². The minimum absolute atomic E-state index is 0. The van der Waals surface area contributed by atoms with E-state index in [2.05, 4.69) is 228 Å². The third-order valence-electron chi connectivity index (χ3n) is 23.5. The van der Waals surface area contributed by atoms with Gasteiger partial charge in [-0.3, -0.25) is 19.2 Å². The van der Waals surface area contributed by atoms with Gasteiger partial charge in [-0.1, -0.05) is 201 Å². The molecule has 0 bridgehead atoms. The summed E-state index contributed by atoms with van der Waals surface area (Å²) in [5.41, 5.74) is 10.3. The molecule has 0 aliphatic heterocycles. The molecular weight excluding hydrogens is 1660 g/mol. The van der Waals surface area contributed by atoms with Gasteiger partial charge < -0.3 is 66.2 Å². The van der Waals surface area contributed by atoms with Crippen molar-refractivity contribution in [3.05, 3.63) is 58.2 Å². The number of Topliss-reactive ketones (excluding diaryl/α,β-unsaturated/α-hetero) is 1. The number of carbonyl (C=O) groups excluding carboxylic acids is 2. The van der Waals surface area contributed by atoms with Crippen LogP contribution >= 0.6 is 22.6 Å². The highest BCUT2D eigenvalue weighted by molar-refractivity contribution is 14.1. The van der Waals surface area contributed by atoms with Crippen molar-refractivity contribution in [2.75, 3.05) is 89.9 Å². The van der Waals surface area contributed by atoms with Crippen LogP contribution in [0.4, 0.5) is 0 Å². The standard InChI is InChI=1S/C24H34IN3O3Si.C20H23N3O5.C16H35NO3Si.C14H30O3Si.C14H32O2Si.CH4/c1-14(2)32(15(3)4,16(5)6)28-13-18(25)22-24(28)26-12-19(27-22)17-10-20(29-7)23(31-9)21(11-17)30-8;1-20(2,10-24)18(25)12-8-21-19-16(12)23-13(9-22-19)11-6-14(26-3)17(28-5)15(7-11)27-4;1-12(2)21(13(3)4,14(5)6)20-11-16(7,8)15(18)17(9)19-10;1-10(2)18(11(3)4,12(5)6)17-9-14(7,8)13(15)16;1-11(2)17(12(3)4,13(5)6)16-10-14(7,8)9-15;/h10-16H,1-9H3;6-9,24H,10H2,1-5H3,(H,21,22);12-14H,11H2,1-10H3;10-12H,9H2,1-8H3,(H,15,16);11-13,15H,9-10H2,1-8H3;1H4. The van der Waals surface area contributed by atoms with Gasteiger partial charge in [0.2, 0.25) is 11.5 Å². The number of methoxy groups -OCH3 is 6. The number of nitrogens with one attached hydrogen (secondary N) is 1. The van der Waals surface area contributed by atoms with Crippen LogP contribution in [0, 0.1) is 25.2 Å². The molecular formula is C89H158IN7O16Si4. The van der Waals surface area contributed by atoms with Crippen LogP contribution in [0.1, 0.15) is 239 Å². The Morgan fingerprint density at radius 2 is 0.812 bits per heavy atom. The molecule has 1 amide bonds. The van der Waals surface area contributed by atoms with Gasteiger partial charge in [-0.05, 0) is 141 Å². The van der Waals surface area contributed by atoms with E-state index >= 15 is 0 Å². The van der Waals surface area contributed by atoms with Gasteiger partial charge in [0.1, 0.15) is 11.0 Å². The highest BCUT2D eigenvalue weighted by Crippen LogP contribution is 2.50. The van der Waals surface area contributed by atoms with E-state index in [4.69, 9.17) is 56.5 Å². The first-order valence-electron chi connectivity index (χ1n) is 41.2. The Morgan fingerprint density at radius 1 is 0.479 bits per heavy atom. The second-order valence-electron chi connectivity index (χ2n) is 37.2. The maximum Gasteiger partial charge on any atom is 0.311 e. The molecule has 0 saturated heterocycles. The number of fused-ring (bicyclic) bond motifs is 2. The topological polar surface area (TPSA) is 280 Å². The number of aliphatic hydroxyl groups is 2. The smallest absolute Gasteiger partial charge is 0.311 e. The van der Waals surface area contributed by atoms with E-state index in [0.717, 1.165) is 26.0 Å². The molecule has 6 aromatic rings. The fourth-order valence-electron chi connectivity index (χ4n) is 17.4. The molecule has 117 heavy (non-hydrogen) atoms. The van der Waals surface area contributed by atoms with Crippen molar-refractivity contribution in [3.63, 3.8) is 0 Å². The van der Waals surface area contributed by atoms with Gasteiger partial charge in [0.15, 0.2) is 73.3 Å². The molecule has 4 N–H and O–H groups in total. The number of carboxylic acids is 1. The molecule has 0 unspecified atom stereocenters. The number of hydrogen-bond donors (Lipinski definition) is 4. The number of ketones is 1. The van der Waals surface area contributed by atoms with Crippen molar-refractivity contribution in [1.29, 1.82) is 0 Å². The second kappa shape index (κ2) is 46.1. The Hall–Kier alpha value is -5.55. The first-order valence-corrected chi connectivity index (χ1v) is 50.9. The summed E-state index contributed by atoms with van der Waals surface area (Å²) in [5, 5.41) is 29.3. The van der Waals surface area contributed by atoms with Crippen LogP contribution in [0.15, 0.2) is 49.1 Å². The SMILES string of the molecule is C.CC(C)[Si](OCC(C)(C)C(=O)O)(C(C)C)C(C)C.CC(C)[Si](OCC(C)(C)CO)(C(C)C)C(C)C.CON(C)C(=O)C(C)(C)CO[Si](C(C)C)(C(C)C)C(C)C.COc1cc(-c2cnc3[nH]cc(C(=O)C(C)(C)CO)c3n2)cc(OC)c1OC.COc1cc(-c2cnc3c(n2)c(I)cn3[Si](C(C)C)(C(C)C)C(C)C)cc(OC)c1OC. The van der Waals surface area contributed by atoms with Crippen molar-refractivity contribution in [2.24, 2.45) is 21.7 Å². The molecule has 0 radical (unpaired) electrons. The third-order valence-corrected chi connectivity index (χ3v) is 49.2. The Morgan fingerprint density at radius 3 is 1.11 bits per heavy atom. The summed E-state index contributed by atoms with van der Waals surface area (Å²) in [6.07, 6.45) is 7.31. The van der Waals surface area contributed by atoms with Crippen molar-refractivity contribution in [2.45, 2.75) is 295 Å². The maximum absolute atomic E-state index is 12.8. The van der Waals surface area contributed by atoms with E-state index in [1.165, 1.54) is 33.5 Å². The Kier molecular flexibility index (Phi) is 43.1. The number of H-pyrrole nitrogens is 1. The number of hydroxylamine groups is 2. The largest absolute Gasteiger partial charge is 0.493 e. The highest BCUT2D eigenvalue weighted by Gasteiger charge is 2.51. The van der Waals surface area contributed by atoms with Crippen LogP contribution in [-0.2, 0) is 27.7 Å². The van der Waals surface area contributed by atoms with Gasteiger partial charge in [-0.25, -0.2) is 25.0 Å². The predicted molar refractivity (Wildman–Crippen MR) is 500 cm³/mol. The van der Waals surface area contributed by atoms with Crippen molar-refractivity contribution in [1.82, 2.24) is 34.2 Å². The normalized spacial score (nSPS) is 12.7. The summed E-state index contributed by atoms with van der Waals surface area (Å²) < 4.78 is 55.6. The van der Waals surface area contributed by atoms with Crippen molar-refractivity contribution < 1.29 is 76.2 Å². The number of aromatic amines is 1. The highest BCUT2D eigenvalue weighted by atomic mass is 127. The summed E-state index contributed by atoms with van der Waals surface area (Å²) in [5.74, 6) is 2.17. The fraction of sp³-hybridized carbons (Fsp3) is 0.697. The molecule has 28 heteroatoms. The van der Waals surface area contributed by atoms with E-state index in [0.29, 0.717) is 149 Å². The molecule has 4 heterocycles. The monoisotopic (exact) mass is 1820 g/mol. The van der Waals surface area contributed by atoms with Crippen molar-refractivity contribution in [3.8, 4) is 57.0 Å². The molecule has 6 rings (SSSR count). The average molecular weight is 1820 g/mol. The molecule has 0 saturated carbocycles. The maximum atomic E-state index is 12.8.